The van der Waals surface area contributed by atoms with Crippen molar-refractivity contribution in [2.75, 3.05) is 69.4 Å². The molecule has 552 valence electrons. The van der Waals surface area contributed by atoms with Crippen LogP contribution in [0, 0.1) is 41.8 Å². The number of aryl methyl sites for hydroxylation is 3. The van der Waals surface area contributed by atoms with Crippen molar-refractivity contribution in [1.82, 2.24) is 55.1 Å². The van der Waals surface area contributed by atoms with E-state index in [-0.39, 0.29) is 65.6 Å². The number of urea groups is 1. The Morgan fingerprint density at radius 1 is 0.491 bits per heavy atom. The van der Waals surface area contributed by atoms with Crippen LogP contribution in [0.1, 0.15) is 118 Å². The van der Waals surface area contributed by atoms with Gasteiger partial charge in [0.05, 0.1) is 91.9 Å². The van der Waals surface area contributed by atoms with Gasteiger partial charge in [0.25, 0.3) is 0 Å². The minimum Gasteiger partial charge on any atom is -0.399 e. The van der Waals surface area contributed by atoms with Crippen LogP contribution in [0.15, 0.2) is 164 Å². The molecule has 9 heterocycles. The summed E-state index contributed by atoms with van der Waals surface area (Å²) < 4.78 is 63.8. The Balaban J connectivity index is 0.000000121. The van der Waals surface area contributed by atoms with E-state index in [1.807, 2.05) is 67.1 Å². The molecule has 6 aliphatic rings. The molecule has 6 N–H and O–H groups in total. The smallest absolute Gasteiger partial charge is 0.399 e. The zero-order chi connectivity index (χ0) is 75.4. The zero-order valence-electron chi connectivity index (χ0n) is 61.5. The second-order valence-electron chi connectivity index (χ2n) is 28.9. The van der Waals surface area contributed by atoms with Crippen LogP contribution < -0.4 is 27.6 Å². The first-order valence-corrected chi connectivity index (χ1v) is 37.7. The molecule has 3 aliphatic carbocycles. The van der Waals surface area contributed by atoms with Gasteiger partial charge >= 0.3 is 13.1 Å². The average Bonchev–Trinajstić information content (AvgIpc) is 1.44. The van der Waals surface area contributed by atoms with Gasteiger partial charge in [-0.25, -0.2) is 47.9 Å². The number of anilines is 3. The van der Waals surface area contributed by atoms with E-state index in [2.05, 4.69) is 141 Å². The number of hydrogen-bond acceptors (Lipinski definition) is 17. The van der Waals surface area contributed by atoms with Gasteiger partial charge in [-0.1, -0.05) is 24.3 Å². The van der Waals surface area contributed by atoms with Crippen molar-refractivity contribution in [3.63, 3.8) is 0 Å². The van der Waals surface area contributed by atoms with Gasteiger partial charge in [0.1, 0.15) is 17.5 Å². The number of nitrogen functional groups attached to an aromatic ring is 2. The number of morpholine rings is 2. The summed E-state index contributed by atoms with van der Waals surface area (Å²) in [5.74, 6) is 1.15. The Kier molecular flexibility index (Phi) is 22.5. The first-order chi connectivity index (χ1) is 52.1. The fourth-order valence-corrected chi connectivity index (χ4v) is 14.2. The number of halogens is 4. The van der Waals surface area contributed by atoms with Crippen LogP contribution in [0.25, 0.3) is 88.7 Å². The number of carbonyl (C=O) groups excluding carboxylic acids is 1. The summed E-state index contributed by atoms with van der Waals surface area (Å²) in [5.41, 5.74) is 30.1. The lowest BCUT2D eigenvalue weighted by atomic mass is 9.78. The first kappa shape index (κ1) is 74.9. The summed E-state index contributed by atoms with van der Waals surface area (Å²) in [6.45, 7) is 20.4. The fourth-order valence-electron chi connectivity index (χ4n) is 13.2. The van der Waals surface area contributed by atoms with Gasteiger partial charge in [-0.15, -0.1) is 0 Å². The maximum Gasteiger partial charge on any atom is 0.494 e. The number of ether oxygens (including phenoxy) is 2. The van der Waals surface area contributed by atoms with Crippen LogP contribution in [0.3, 0.4) is 0 Å². The summed E-state index contributed by atoms with van der Waals surface area (Å²) in [5, 5.41) is 9.37. The third-order valence-electron chi connectivity index (χ3n) is 20.4. The number of nitrogens with one attached hydrogen (secondary N) is 2. The monoisotopic (exact) mass is 1560 g/mol. The van der Waals surface area contributed by atoms with Gasteiger partial charge in [-0.3, -0.25) is 20.3 Å². The molecule has 6 aromatic carbocycles. The summed E-state index contributed by atoms with van der Waals surface area (Å²) in [6, 6.07) is 43.4. The fraction of sp³-hybridized carbons (Fsp3) is 0.310. The molecular formula is C84H85BF3IN14O5. The van der Waals surface area contributed by atoms with Crippen molar-refractivity contribution in [2.45, 2.75) is 116 Å². The largest absolute Gasteiger partial charge is 0.494 e. The van der Waals surface area contributed by atoms with Crippen LogP contribution in [-0.4, -0.2) is 127 Å². The summed E-state index contributed by atoms with van der Waals surface area (Å²) >= 11 is 2.25. The van der Waals surface area contributed by atoms with Crippen molar-refractivity contribution in [3.05, 3.63) is 219 Å². The molecule has 19 nitrogen and oxygen atoms in total. The quantitative estimate of drug-likeness (QED) is 0.0734. The number of nitrogens with two attached hydrogens (primary N) is 2. The van der Waals surface area contributed by atoms with E-state index >= 15 is 0 Å². The van der Waals surface area contributed by atoms with Crippen molar-refractivity contribution in [3.8, 4) is 56.0 Å². The number of aromatic nitrogens is 9. The summed E-state index contributed by atoms with van der Waals surface area (Å²) in [6.07, 6.45) is 12.0. The van der Waals surface area contributed by atoms with E-state index in [4.69, 9.17) is 40.2 Å². The van der Waals surface area contributed by atoms with Crippen LogP contribution in [0.5, 0.6) is 0 Å². The third kappa shape index (κ3) is 17.4. The Morgan fingerprint density at radius 3 is 1.32 bits per heavy atom. The molecule has 6 fully saturated rings. The highest BCUT2D eigenvalue weighted by molar-refractivity contribution is 14.1. The molecule has 2 amide bonds. The summed E-state index contributed by atoms with van der Waals surface area (Å²) in [7, 11) is -0.316. The van der Waals surface area contributed by atoms with Gasteiger partial charge in [-0.05, 0) is 264 Å². The topological polar surface area (TPSA) is 249 Å². The van der Waals surface area contributed by atoms with E-state index in [1.54, 1.807) is 41.3 Å². The molecule has 0 radical (unpaired) electrons. The van der Waals surface area contributed by atoms with Crippen molar-refractivity contribution in [1.29, 1.82) is 0 Å². The number of benzene rings is 6. The predicted molar refractivity (Wildman–Crippen MR) is 428 cm³/mol. The molecule has 6 aromatic heterocycles. The number of hydrogen-bond donors (Lipinski definition) is 4. The second kappa shape index (κ2) is 32.5. The highest BCUT2D eigenvalue weighted by atomic mass is 127. The van der Waals surface area contributed by atoms with Gasteiger partial charge in [-0.2, -0.15) is 0 Å². The average molecular weight is 1570 g/mol. The highest BCUT2D eigenvalue weighted by Crippen LogP contribution is 2.49. The van der Waals surface area contributed by atoms with E-state index in [0.717, 1.165) is 180 Å². The number of carbonyl (C=O) groups is 1. The number of nitrogens with zero attached hydrogens (tertiary/aromatic N) is 10. The zero-order valence-corrected chi connectivity index (χ0v) is 63.6. The minimum atomic E-state index is -0.316. The van der Waals surface area contributed by atoms with Gasteiger partial charge < -0.3 is 40.5 Å². The molecule has 3 saturated carbocycles. The first-order valence-electron chi connectivity index (χ1n) is 36.7. The lowest BCUT2D eigenvalue weighted by molar-refractivity contribution is 0.00578. The maximum atomic E-state index is 13.8. The Labute approximate surface area is 640 Å². The summed E-state index contributed by atoms with van der Waals surface area (Å²) in [4.78, 5) is 55.4. The van der Waals surface area contributed by atoms with Crippen LogP contribution in [0.2, 0.25) is 0 Å². The molecule has 108 heavy (non-hydrogen) atoms. The maximum absolute atomic E-state index is 13.8. The van der Waals surface area contributed by atoms with E-state index in [9.17, 15) is 18.0 Å². The molecule has 0 spiro atoms. The van der Waals surface area contributed by atoms with E-state index in [1.165, 1.54) is 47.5 Å². The molecule has 18 rings (SSSR count). The van der Waals surface area contributed by atoms with Crippen LogP contribution >= 0.6 is 22.6 Å². The van der Waals surface area contributed by atoms with E-state index in [0.29, 0.717) is 43.8 Å². The highest BCUT2D eigenvalue weighted by Gasteiger charge is 2.52. The Hall–Kier alpha value is -9.96. The second-order valence-corrected chi connectivity index (χ2v) is 30.0. The number of rotatable bonds is 10. The van der Waals surface area contributed by atoms with Gasteiger partial charge in [0.2, 0.25) is 17.8 Å². The molecule has 3 aliphatic heterocycles. The lowest BCUT2D eigenvalue weighted by Gasteiger charge is -2.32. The standard InChI is InChI=1S/C28H26FN5O2.C23H19FN4.C16H20BNO2.C13H11FIN3.C4H9NO/c1-17-10-11-30-23-9-6-20(16-22(17)23)24-25(18-2-3-18)31-27(33-28(35)34-12-14-36-15-13-34)32-26(24)19-4-7-21(29)8-5-19;1-13-10-11-26-19-9-6-16(12-18(13)19)20-21(14-2-3-14)27-23(25)28-22(20)15-4-7-17(24)8-5-15;1-11-8-9-18-14-7-6-12(10-13(11)14)17-19-15(2,3)16(4,5)20-17;14-9-5-3-8(4-6-9)12-10(15)11(7-1-2-7)17-13(16)18-12;1-3-6-4-2-5-1/h4-11,16,18H,2-3,12-15H2,1H3,(H,31,32,33,35);4-12,14H,2-3H2,1H3,(H2,25,27,28);6-10H,1-5H3;3-7H,1-2H2,(H2,16,17,18);5H,1-4H2. The van der Waals surface area contributed by atoms with Crippen LogP contribution in [0.4, 0.5) is 35.8 Å². The molecule has 3 saturated heterocycles. The third-order valence-corrected chi connectivity index (χ3v) is 21.5. The number of fused-ring (bicyclic) bond motifs is 3. The van der Waals surface area contributed by atoms with Crippen molar-refractivity contribution >= 4 is 91.8 Å². The van der Waals surface area contributed by atoms with Crippen molar-refractivity contribution in [2.24, 2.45) is 0 Å². The van der Waals surface area contributed by atoms with Crippen molar-refractivity contribution < 1.29 is 36.7 Å². The predicted octanol–water partition coefficient (Wildman–Crippen LogP) is 16.6. The van der Waals surface area contributed by atoms with Crippen LogP contribution in [-0.2, 0) is 18.8 Å². The number of pyridine rings is 3. The molecule has 0 bridgehead atoms. The Bertz CT molecular complexity index is 5250. The SMILES string of the molecule is C1COCCN1.Cc1ccnc2ccc(-c3c(-c4ccc(F)cc4)nc(N)nc3C3CC3)cc12.Cc1ccnc2ccc(-c3c(-c4ccc(F)cc4)nc(NC(=O)N4CCOCC4)nc3C3CC3)cc12.Cc1ccnc2ccc(B3OC(C)(C)C(C)(C)O3)cc12.Nc1nc(-c2ccc(F)cc2)c(I)c(C2CC2)n1. The molecular weight excluding hydrogens is 1480 g/mol. The van der Waals surface area contributed by atoms with Gasteiger partial charge in [0.15, 0.2) is 0 Å². The molecule has 0 unspecified atom stereocenters. The minimum absolute atomic E-state index is 0.245. The molecule has 12 aromatic rings. The van der Waals surface area contributed by atoms with Gasteiger partial charge in [0, 0.05) is 106 Å². The lowest BCUT2D eigenvalue weighted by Crippen LogP contribution is -2.43. The number of amides is 2. The normalized spacial score (nSPS) is 16.4. The molecule has 24 heteroatoms. The Morgan fingerprint density at radius 2 is 0.880 bits per heavy atom. The molecule has 0 atom stereocenters. The van der Waals surface area contributed by atoms with E-state index < -0.39 is 0 Å².